The molecule has 11 heterocycles. The number of Topliss-reactive ketones (excluding diaryl/α,β-unsaturated/α-hetero) is 1. The van der Waals surface area contributed by atoms with Gasteiger partial charge < -0.3 is 55.2 Å². The molecule has 0 amide bonds. The molecular weight excluding hydrogens is 1280 g/mol. The summed E-state index contributed by atoms with van der Waals surface area (Å²) >= 11 is 0. The Morgan fingerprint density at radius 2 is 0.990 bits per heavy atom. The van der Waals surface area contributed by atoms with E-state index in [0.717, 1.165) is 94.1 Å². The van der Waals surface area contributed by atoms with E-state index in [-0.39, 0.29) is 18.7 Å². The van der Waals surface area contributed by atoms with Crippen LogP contribution in [0.2, 0.25) is 0 Å². The number of para-hydroxylation sites is 8. The predicted molar refractivity (Wildman–Crippen MR) is 388 cm³/mol. The standard InChI is InChI=1S/C21H22N6O.C21H21N3O.C14H20N2O.C8H13NO.C7H3FN2O2.C6H7NO.CH4/c1-26-14-7-8-15(26)12-16(11-14)27-17-4-2-3-5-19(17)28-20-10-13(6-9-18(20)27)21-22-24-25-23-21;1-23-15-7-8-16(23)12-17(11-15)24-18-4-2-3-5-20(18)25-21-10-14(13-22)6-9-19(21)24;1-16-11-6-7-12(16)9-10(8-11)15-13-4-2-3-5-14(13)17;1-9-6-2-3-7(9)5-8(10)4-6;8-6-2-1-5(4-9)3-7(6)10(11)12;7-5-3-1-2-4-6(5)8;/h2-6,9-10,14-16H,7-8,11-12H2,1H3,(H,22,23,24,25);2-6,9-10,15-17H,7-8,11-12H2,1H3;2-5,10-12,15,17H,6-9H2,1H3;6-7H,2-5H2,1H3;1-3H;1-4,8H,7H2;1H4. The maximum Gasteiger partial charge on any atom is 0.306 e. The van der Waals surface area contributed by atoms with Crippen LogP contribution < -0.4 is 30.3 Å². The molecule has 101 heavy (non-hydrogen) atoms. The number of phenolic OH excluding ortho intramolecular Hbond substituents is 2. The highest BCUT2D eigenvalue weighted by Gasteiger charge is 2.45. The number of carbonyl (C=O) groups is 1. The van der Waals surface area contributed by atoms with E-state index in [1.165, 1.54) is 96.0 Å². The van der Waals surface area contributed by atoms with E-state index in [2.05, 4.69) is 132 Å². The number of ketones is 1. The number of nitrogen functional groups attached to an aromatic ring is 1. The van der Waals surface area contributed by atoms with E-state index in [4.69, 9.17) is 25.6 Å². The number of piperidine rings is 4. The molecule has 0 aliphatic carbocycles. The molecule has 8 saturated heterocycles. The number of rotatable bonds is 6. The van der Waals surface area contributed by atoms with E-state index in [1.54, 1.807) is 36.4 Å². The molecule has 1 aromatic heterocycles. The number of nitrogens with one attached hydrogen (secondary N) is 2. The first-order valence-electron chi connectivity index (χ1n) is 34.8. The number of nitro benzene ring substituents is 1. The Morgan fingerprint density at radius 3 is 1.48 bits per heavy atom. The van der Waals surface area contributed by atoms with E-state index in [0.29, 0.717) is 83.0 Å². The van der Waals surface area contributed by atoms with Crippen LogP contribution in [-0.4, -0.2) is 156 Å². The van der Waals surface area contributed by atoms with Crippen LogP contribution in [0, 0.1) is 38.6 Å². The molecule has 10 aliphatic heterocycles. The van der Waals surface area contributed by atoms with Gasteiger partial charge in [-0.05, 0) is 214 Å². The lowest BCUT2D eigenvalue weighted by atomic mass is 9.94. The number of aromatic amines is 1. The van der Waals surface area contributed by atoms with Gasteiger partial charge in [-0.25, -0.2) is 0 Å². The summed E-state index contributed by atoms with van der Waals surface area (Å²) in [5.41, 5.74) is 12.0. The number of benzene rings is 7. The van der Waals surface area contributed by atoms with Crippen LogP contribution in [-0.2, 0) is 4.79 Å². The van der Waals surface area contributed by atoms with Gasteiger partial charge in [-0.15, -0.1) is 10.2 Å². The highest BCUT2D eigenvalue weighted by Crippen LogP contribution is 2.53. The summed E-state index contributed by atoms with van der Waals surface area (Å²) in [6.45, 7) is 0. The average Bonchev–Trinajstić information content (AvgIpc) is 1.48. The third-order valence-corrected chi connectivity index (χ3v) is 22.2. The van der Waals surface area contributed by atoms with Gasteiger partial charge in [0.05, 0.1) is 62.3 Å². The minimum Gasteiger partial charge on any atom is -0.506 e. The van der Waals surface area contributed by atoms with Crippen molar-refractivity contribution in [3.05, 3.63) is 179 Å². The summed E-state index contributed by atoms with van der Waals surface area (Å²) in [6, 6.07) is 56.6. The number of nitriles is 2. The molecule has 10 aliphatic rings. The van der Waals surface area contributed by atoms with E-state index in [9.17, 15) is 29.7 Å². The number of ether oxygens (including phenoxy) is 2. The number of tetrazole rings is 1. The van der Waals surface area contributed by atoms with Crippen LogP contribution >= 0.6 is 0 Å². The van der Waals surface area contributed by atoms with Crippen LogP contribution in [0.3, 0.4) is 0 Å². The Balaban J connectivity index is 0.000000121. The number of H-pyrrole nitrogens is 1. The number of phenols is 2. The molecule has 8 fully saturated rings. The molecule has 8 unspecified atom stereocenters. The minimum atomic E-state index is -0.931. The summed E-state index contributed by atoms with van der Waals surface area (Å²) in [7, 11) is 8.96. The van der Waals surface area contributed by atoms with Crippen molar-refractivity contribution in [2.75, 3.05) is 49.0 Å². The summed E-state index contributed by atoms with van der Waals surface area (Å²) in [6.07, 6.45) is 19.2. The second-order valence-corrected chi connectivity index (χ2v) is 27.9. The van der Waals surface area contributed by atoms with E-state index >= 15 is 0 Å². The second-order valence-electron chi connectivity index (χ2n) is 27.9. The Kier molecular flexibility index (Phi) is 21.8. The Morgan fingerprint density at radius 1 is 0.554 bits per heavy atom. The highest BCUT2D eigenvalue weighted by molar-refractivity contribution is 5.82. The van der Waals surface area contributed by atoms with Crippen molar-refractivity contribution < 1.29 is 33.8 Å². The third-order valence-electron chi connectivity index (χ3n) is 22.2. The first kappa shape index (κ1) is 70.7. The van der Waals surface area contributed by atoms with Crippen LogP contribution in [0.5, 0.6) is 34.5 Å². The van der Waals surface area contributed by atoms with Crippen LogP contribution in [0.15, 0.2) is 152 Å². The summed E-state index contributed by atoms with van der Waals surface area (Å²) in [4.78, 5) is 35.4. The number of hydrogen-bond acceptors (Lipinski definition) is 20. The van der Waals surface area contributed by atoms with Crippen molar-refractivity contribution >= 4 is 45.6 Å². The number of fused-ring (bicyclic) bond motifs is 12. The lowest BCUT2D eigenvalue weighted by Crippen LogP contribution is -2.48. The van der Waals surface area contributed by atoms with Crippen molar-refractivity contribution in [2.45, 2.75) is 177 Å². The number of nitrogens with two attached hydrogens (primary N) is 1. The maximum atomic E-state index is 12.6. The zero-order valence-corrected chi connectivity index (χ0v) is 56.9. The first-order chi connectivity index (χ1) is 48.5. The molecule has 0 saturated carbocycles. The minimum absolute atomic E-state index is 0. The van der Waals surface area contributed by atoms with E-state index < -0.39 is 16.4 Å². The third kappa shape index (κ3) is 15.4. The monoisotopic (exact) mass is 1370 g/mol. The number of aromatic nitrogens is 4. The number of hydrogen-bond donors (Lipinski definition) is 5. The van der Waals surface area contributed by atoms with Crippen molar-refractivity contribution in [1.82, 2.24) is 40.2 Å². The van der Waals surface area contributed by atoms with Crippen molar-refractivity contribution in [2.24, 2.45) is 0 Å². The quantitative estimate of drug-likeness (QED) is 0.0448. The molecule has 8 bridgehead atoms. The summed E-state index contributed by atoms with van der Waals surface area (Å²) < 4.78 is 25.0. The molecule has 6 N–H and O–H groups in total. The lowest BCUT2D eigenvalue weighted by molar-refractivity contribution is -0.387. The largest absolute Gasteiger partial charge is 0.506 e. The first-order valence-corrected chi connectivity index (χ1v) is 34.8. The normalized spacial score (nSPS) is 25.2. The van der Waals surface area contributed by atoms with Gasteiger partial charge in [-0.3, -0.25) is 19.8 Å². The van der Waals surface area contributed by atoms with Gasteiger partial charge in [0.25, 0.3) is 0 Å². The Bertz CT molecular complexity index is 4240. The molecule has 7 aromatic carbocycles. The smallest absolute Gasteiger partial charge is 0.306 e. The number of anilines is 6. The van der Waals surface area contributed by atoms with Gasteiger partial charge >= 0.3 is 5.69 Å². The Labute approximate surface area is 589 Å². The SMILES string of the molecule is C.CN1C2CCC1CC(=O)C2.CN1C2CCC1CC(N1c3ccccc3Oc3cc(-c4nn[nH]n4)ccc31)C2.CN1C2CCC1CC(N1c3ccccc3Oc3cc(C#N)ccc31)C2.CN1C2CCC1CC(Nc1ccccc1O)C2.N#Cc1ccc(F)c([N+](=O)[O-])c1.Nc1ccccc1O. The van der Waals surface area contributed by atoms with Crippen LogP contribution in [0.1, 0.15) is 121 Å². The zero-order valence-electron chi connectivity index (χ0n) is 56.9. The predicted octanol–water partition coefficient (Wildman–Crippen LogP) is 14.6. The van der Waals surface area contributed by atoms with Gasteiger partial charge in [-0.1, -0.05) is 56.0 Å². The van der Waals surface area contributed by atoms with Crippen molar-refractivity contribution in [3.63, 3.8) is 0 Å². The molecule has 0 radical (unpaired) electrons. The maximum absolute atomic E-state index is 12.6. The van der Waals surface area contributed by atoms with Gasteiger partial charge in [0.15, 0.2) is 23.0 Å². The number of aromatic hydroxyl groups is 2. The number of nitro groups is 1. The summed E-state index contributed by atoms with van der Waals surface area (Å²) in [5.74, 6) is 4.07. The number of nitrogens with zero attached hydrogens (tertiary/aromatic N) is 12. The molecule has 526 valence electrons. The number of carbonyl (C=O) groups excluding carboxylic acids is 1. The number of halogens is 1. The molecule has 8 atom stereocenters. The van der Waals surface area contributed by atoms with Crippen LogP contribution in [0.25, 0.3) is 11.4 Å². The average molecular weight is 1370 g/mol. The fraction of sp³-hybridized carbons (Fsp3) is 0.410. The van der Waals surface area contributed by atoms with Crippen molar-refractivity contribution in [3.8, 4) is 58.0 Å². The molecule has 22 nitrogen and oxygen atoms in total. The molecule has 23 heteroatoms. The highest BCUT2D eigenvalue weighted by atomic mass is 19.1. The molecule has 8 aromatic rings. The zero-order chi connectivity index (χ0) is 69.7. The second kappa shape index (κ2) is 31.2. The molecule has 0 spiro atoms. The lowest BCUT2D eigenvalue weighted by Gasteiger charge is -2.44. The molecular formula is C78H90FN15O7. The topological polar surface area (TPSA) is 279 Å². The van der Waals surface area contributed by atoms with E-state index in [1.807, 2.05) is 60.7 Å². The van der Waals surface area contributed by atoms with Gasteiger partial charge in [0.2, 0.25) is 11.6 Å². The van der Waals surface area contributed by atoms with Gasteiger partial charge in [0, 0.05) is 97.0 Å². The fourth-order valence-electron chi connectivity index (χ4n) is 16.8. The van der Waals surface area contributed by atoms with Gasteiger partial charge in [-0.2, -0.15) is 20.1 Å². The summed E-state index contributed by atoms with van der Waals surface area (Å²) in [5, 5.41) is 64.2. The van der Waals surface area contributed by atoms with Crippen LogP contribution in [0.4, 0.5) is 44.2 Å². The van der Waals surface area contributed by atoms with Crippen molar-refractivity contribution in [1.29, 1.82) is 10.5 Å². The fourth-order valence-corrected chi connectivity index (χ4v) is 16.8. The molecule has 18 rings (SSSR count). The Hall–Kier alpha value is -10.2. The van der Waals surface area contributed by atoms with Gasteiger partial charge in [0.1, 0.15) is 17.3 Å².